The van der Waals surface area contributed by atoms with Gasteiger partial charge in [-0.15, -0.1) is 30.6 Å². The number of hydrogen-bond donors (Lipinski definition) is 1. The zero-order chi connectivity index (χ0) is 15.5. The molecule has 0 bridgehead atoms. The second-order valence-electron chi connectivity index (χ2n) is 4.89. The number of hydrogen-bond acceptors (Lipinski definition) is 2. The summed E-state index contributed by atoms with van der Waals surface area (Å²) in [6.45, 7) is 4.97. The maximum atomic E-state index is 13.5. The summed E-state index contributed by atoms with van der Waals surface area (Å²) in [5, 5.41) is 3.14. The molecule has 0 aliphatic carbocycles. The highest BCUT2D eigenvalue weighted by atomic mass is 127. The summed E-state index contributed by atoms with van der Waals surface area (Å²) in [5.74, 6) is 0.455. The highest BCUT2D eigenvalue weighted by Crippen LogP contribution is 2.03. The minimum atomic E-state index is -0.299. The molecule has 0 fully saturated rings. The van der Waals surface area contributed by atoms with Crippen molar-refractivity contribution in [3.05, 3.63) is 42.5 Å². The summed E-state index contributed by atoms with van der Waals surface area (Å²) in [4.78, 5) is 10.3. The molecule has 6 heteroatoms. The van der Waals surface area contributed by atoms with Crippen LogP contribution in [-0.2, 0) is 6.54 Å². The molecular formula is C16H26FIN4. The van der Waals surface area contributed by atoms with Gasteiger partial charge >= 0.3 is 0 Å². The third-order valence-corrected chi connectivity index (χ3v) is 3.22. The average molecular weight is 420 g/mol. The fraction of sp³-hybridized carbons (Fsp3) is 0.500. The minimum absolute atomic E-state index is 0. The number of halogens is 2. The van der Waals surface area contributed by atoms with E-state index in [-0.39, 0.29) is 29.8 Å². The molecule has 4 nitrogen and oxygen atoms in total. The number of pyridine rings is 1. The molecular weight excluding hydrogens is 394 g/mol. The Hall–Kier alpha value is -1.18. The number of aromatic nitrogens is 1. The van der Waals surface area contributed by atoms with Crippen LogP contribution in [0.4, 0.5) is 4.39 Å². The molecule has 0 aromatic carbocycles. The number of rotatable bonds is 8. The van der Waals surface area contributed by atoms with E-state index in [9.17, 15) is 4.39 Å². The van der Waals surface area contributed by atoms with Crippen molar-refractivity contribution in [3.8, 4) is 0 Å². The predicted octanol–water partition coefficient (Wildman–Crippen LogP) is 3.59. The van der Waals surface area contributed by atoms with Crippen LogP contribution in [0, 0.1) is 5.82 Å². The molecule has 1 aromatic rings. The van der Waals surface area contributed by atoms with E-state index in [0.29, 0.717) is 12.2 Å². The van der Waals surface area contributed by atoms with E-state index in [1.165, 1.54) is 18.9 Å². The van der Waals surface area contributed by atoms with Crippen LogP contribution < -0.4 is 5.32 Å². The van der Waals surface area contributed by atoms with Crippen LogP contribution in [0.2, 0.25) is 0 Å². The second-order valence-corrected chi connectivity index (χ2v) is 4.89. The maximum absolute atomic E-state index is 13.5. The Labute approximate surface area is 149 Å². The fourth-order valence-corrected chi connectivity index (χ4v) is 2.02. The number of nitrogens with one attached hydrogen (secondary N) is 1. The lowest BCUT2D eigenvalue weighted by atomic mass is 10.2. The first-order valence-corrected chi connectivity index (χ1v) is 7.31. The largest absolute Gasteiger partial charge is 0.350 e. The first-order chi connectivity index (χ1) is 10.2. The summed E-state index contributed by atoms with van der Waals surface area (Å²) >= 11 is 0. The van der Waals surface area contributed by atoms with Crippen molar-refractivity contribution in [2.75, 3.05) is 20.6 Å². The Morgan fingerprint density at radius 1 is 1.45 bits per heavy atom. The smallest absolute Gasteiger partial charge is 0.193 e. The lowest BCUT2D eigenvalue weighted by Crippen LogP contribution is -2.39. The molecule has 1 N–H and O–H groups in total. The van der Waals surface area contributed by atoms with Gasteiger partial charge in [-0.05, 0) is 31.4 Å². The van der Waals surface area contributed by atoms with E-state index in [2.05, 4.69) is 26.8 Å². The Kier molecular flexibility index (Phi) is 11.7. The molecule has 0 aliphatic rings. The van der Waals surface area contributed by atoms with Crippen LogP contribution in [0.5, 0.6) is 0 Å². The lowest BCUT2D eigenvalue weighted by molar-refractivity contribution is 0.453. The topological polar surface area (TPSA) is 40.5 Å². The Balaban J connectivity index is 0.00000441. The summed E-state index contributed by atoms with van der Waals surface area (Å²) in [6, 6.07) is 3.00. The summed E-state index contributed by atoms with van der Waals surface area (Å²) in [5.41, 5.74) is 0.401. The van der Waals surface area contributed by atoms with Crippen LogP contribution in [0.25, 0.3) is 0 Å². The van der Waals surface area contributed by atoms with Gasteiger partial charge in [0.05, 0.1) is 12.2 Å². The van der Waals surface area contributed by atoms with Gasteiger partial charge in [-0.25, -0.2) is 4.39 Å². The van der Waals surface area contributed by atoms with E-state index in [0.717, 1.165) is 25.3 Å². The number of aliphatic imine (C=N–C) groups is 1. The molecule has 0 spiro atoms. The third kappa shape index (κ3) is 7.72. The normalized spacial score (nSPS) is 10.8. The molecule has 0 aliphatic heterocycles. The van der Waals surface area contributed by atoms with Gasteiger partial charge < -0.3 is 10.2 Å². The lowest BCUT2D eigenvalue weighted by Gasteiger charge is -2.22. The van der Waals surface area contributed by atoms with E-state index in [1.807, 2.05) is 13.1 Å². The van der Waals surface area contributed by atoms with Gasteiger partial charge in [-0.2, -0.15) is 0 Å². The molecule has 22 heavy (non-hydrogen) atoms. The monoisotopic (exact) mass is 420 g/mol. The zero-order valence-corrected chi connectivity index (χ0v) is 15.7. The van der Waals surface area contributed by atoms with Gasteiger partial charge in [0.2, 0.25) is 0 Å². The highest BCUT2D eigenvalue weighted by molar-refractivity contribution is 14.0. The van der Waals surface area contributed by atoms with E-state index < -0.39 is 0 Å². The average Bonchev–Trinajstić information content (AvgIpc) is 2.49. The number of allylic oxidation sites excluding steroid dienone is 1. The van der Waals surface area contributed by atoms with Crippen LogP contribution >= 0.6 is 24.0 Å². The van der Waals surface area contributed by atoms with Crippen LogP contribution in [0.15, 0.2) is 36.0 Å². The maximum Gasteiger partial charge on any atom is 0.193 e. The molecule has 0 unspecified atom stereocenters. The quantitative estimate of drug-likeness (QED) is 0.230. The molecule has 1 heterocycles. The zero-order valence-electron chi connectivity index (χ0n) is 13.4. The second kappa shape index (κ2) is 12.4. The standard InChI is InChI=1S/C16H25FN4.HI/c1-4-5-6-7-8-12-21(3)16(18-2)20-13-15-14(17)10-9-11-19-15;/h4,9-11H,1,5-8,12-13H2,2-3H3,(H,18,20);1H. The number of guanidine groups is 1. The van der Waals surface area contributed by atoms with Crippen molar-refractivity contribution in [1.29, 1.82) is 0 Å². The molecule has 0 radical (unpaired) electrons. The summed E-state index contributed by atoms with van der Waals surface area (Å²) in [6.07, 6.45) is 8.04. The third-order valence-electron chi connectivity index (χ3n) is 3.22. The van der Waals surface area contributed by atoms with Crippen molar-refractivity contribution >= 4 is 29.9 Å². The van der Waals surface area contributed by atoms with Gasteiger partial charge in [0.15, 0.2) is 5.96 Å². The van der Waals surface area contributed by atoms with Crippen LogP contribution in [0.3, 0.4) is 0 Å². The van der Waals surface area contributed by atoms with Gasteiger partial charge in [-0.3, -0.25) is 9.98 Å². The Morgan fingerprint density at radius 2 is 2.23 bits per heavy atom. The van der Waals surface area contributed by atoms with Crippen molar-refractivity contribution in [2.45, 2.75) is 32.2 Å². The van der Waals surface area contributed by atoms with Crippen molar-refractivity contribution in [2.24, 2.45) is 4.99 Å². The SMILES string of the molecule is C=CCCCCCN(C)C(=NC)NCc1ncccc1F.I. The Morgan fingerprint density at radius 3 is 2.86 bits per heavy atom. The van der Waals surface area contributed by atoms with Gasteiger partial charge in [0.1, 0.15) is 5.82 Å². The van der Waals surface area contributed by atoms with E-state index in [4.69, 9.17) is 0 Å². The van der Waals surface area contributed by atoms with Crippen molar-refractivity contribution < 1.29 is 4.39 Å². The van der Waals surface area contributed by atoms with Gasteiger partial charge in [0.25, 0.3) is 0 Å². The minimum Gasteiger partial charge on any atom is -0.350 e. The Bertz CT molecular complexity index is 465. The predicted molar refractivity (Wildman–Crippen MR) is 101 cm³/mol. The molecule has 1 aromatic heterocycles. The summed E-state index contributed by atoms with van der Waals surface area (Å²) < 4.78 is 13.5. The molecule has 0 saturated heterocycles. The molecule has 0 amide bonds. The van der Waals surface area contributed by atoms with Gasteiger partial charge in [0, 0.05) is 26.8 Å². The molecule has 0 atom stereocenters. The summed E-state index contributed by atoms with van der Waals surface area (Å²) in [7, 11) is 3.71. The van der Waals surface area contributed by atoms with Crippen molar-refractivity contribution in [1.82, 2.24) is 15.2 Å². The fourth-order valence-electron chi connectivity index (χ4n) is 2.02. The molecule has 0 saturated carbocycles. The van der Waals surface area contributed by atoms with Crippen LogP contribution in [0.1, 0.15) is 31.4 Å². The van der Waals surface area contributed by atoms with E-state index >= 15 is 0 Å². The van der Waals surface area contributed by atoms with Crippen molar-refractivity contribution in [3.63, 3.8) is 0 Å². The molecule has 124 valence electrons. The first-order valence-electron chi connectivity index (χ1n) is 7.31. The number of nitrogens with zero attached hydrogens (tertiary/aromatic N) is 3. The first kappa shape index (κ1) is 20.8. The van der Waals surface area contributed by atoms with Gasteiger partial charge in [-0.1, -0.05) is 12.5 Å². The molecule has 1 rings (SSSR count). The highest BCUT2D eigenvalue weighted by Gasteiger charge is 2.07. The number of unbranched alkanes of at least 4 members (excludes halogenated alkanes) is 3. The van der Waals surface area contributed by atoms with Crippen LogP contribution in [-0.4, -0.2) is 36.5 Å². The van der Waals surface area contributed by atoms with E-state index in [1.54, 1.807) is 19.3 Å².